The number of hydrogen-bond donors (Lipinski definition) is 3. The third-order valence-electron chi connectivity index (χ3n) is 5.44. The Morgan fingerprint density at radius 2 is 2.06 bits per heavy atom. The molecule has 0 saturated carbocycles. The van der Waals surface area contributed by atoms with Crippen LogP contribution in [-0.4, -0.2) is 34.3 Å². The molecule has 2 aromatic heterocycles. The molecule has 0 amide bonds. The lowest BCUT2D eigenvalue weighted by atomic mass is 10.1. The van der Waals surface area contributed by atoms with E-state index in [-0.39, 0.29) is 11.9 Å². The summed E-state index contributed by atoms with van der Waals surface area (Å²) in [5, 5.41) is 12.8. The van der Waals surface area contributed by atoms with Crippen molar-refractivity contribution in [2.75, 3.05) is 19.0 Å². The van der Waals surface area contributed by atoms with Gasteiger partial charge in [-0.05, 0) is 51.1 Å². The summed E-state index contributed by atoms with van der Waals surface area (Å²) >= 11 is 1.59. The van der Waals surface area contributed by atoms with E-state index < -0.39 is 0 Å². The number of benzene rings is 2. The zero-order valence-corrected chi connectivity index (χ0v) is 20.9. The van der Waals surface area contributed by atoms with E-state index >= 15 is 0 Å². The van der Waals surface area contributed by atoms with Crippen LogP contribution in [0, 0.1) is 18.2 Å². The molecule has 1 unspecified atom stereocenters. The van der Waals surface area contributed by atoms with E-state index in [1.54, 1.807) is 36.5 Å². The van der Waals surface area contributed by atoms with Crippen molar-refractivity contribution >= 4 is 33.1 Å². The molecule has 2 aromatic carbocycles. The highest BCUT2D eigenvalue weighted by Gasteiger charge is 2.15. The maximum atomic E-state index is 14.7. The van der Waals surface area contributed by atoms with Crippen LogP contribution in [0.5, 0.6) is 5.75 Å². The molecule has 180 valence electrons. The Balaban J connectivity index is 1.53. The predicted octanol–water partition coefficient (Wildman–Crippen LogP) is 4.87. The van der Waals surface area contributed by atoms with Gasteiger partial charge in [0.1, 0.15) is 28.9 Å². The van der Waals surface area contributed by atoms with Crippen molar-refractivity contribution in [1.29, 1.82) is 5.41 Å². The van der Waals surface area contributed by atoms with E-state index in [4.69, 9.17) is 10.1 Å². The smallest absolute Gasteiger partial charge is 0.162 e. The Labute approximate surface area is 207 Å². The molecule has 4 aromatic rings. The highest BCUT2D eigenvalue weighted by molar-refractivity contribution is 7.16. The highest BCUT2D eigenvalue weighted by atomic mass is 32.1. The Morgan fingerprint density at radius 1 is 1.23 bits per heavy atom. The Bertz CT molecular complexity index is 1400. The number of ether oxygens (including phenoxy) is 1. The lowest BCUT2D eigenvalue weighted by Gasteiger charge is -2.18. The number of nitrogens with one attached hydrogen (secondary N) is 2. The Morgan fingerprint density at radius 3 is 2.83 bits per heavy atom. The molecule has 0 radical (unpaired) electrons. The molecule has 7 nitrogen and oxygen atoms in total. The molecule has 35 heavy (non-hydrogen) atoms. The number of thiazole rings is 1. The van der Waals surface area contributed by atoms with Crippen LogP contribution in [0.2, 0.25) is 0 Å². The molecule has 4 N–H and O–H groups in total. The van der Waals surface area contributed by atoms with Gasteiger partial charge in [-0.25, -0.2) is 19.3 Å². The number of hydrogen-bond acceptors (Lipinski definition) is 7. The average molecular weight is 492 g/mol. The lowest BCUT2D eigenvalue weighted by Crippen LogP contribution is -2.78. The fourth-order valence-electron chi connectivity index (χ4n) is 3.70. The number of likely N-dealkylation sites (N-methyl/N-ethyl adjacent to an activating group) is 1. The Kier molecular flexibility index (Phi) is 7.48. The number of aryl methyl sites for hydroxylation is 1. The van der Waals surface area contributed by atoms with Crippen LogP contribution >= 0.6 is 11.3 Å². The number of aromatic nitrogens is 3. The standard InChI is InChI=1S/C26H27FN6OS/c1-15(28)9-19(29-4)13-34-20-6-7-22(27)21(11-20)16(2)31-26-12-24(32-17(3)33-26)18-5-8-23-25(10-18)35-14-30-23/h5-12,14,16,28-29H,13H2,1-4H3,(H,31,32,33)/p+1/b19-9-,28-15?. The third-order valence-corrected chi connectivity index (χ3v) is 6.23. The number of halogens is 1. The molecule has 0 bridgehead atoms. The molecule has 0 aliphatic carbocycles. The number of nitrogens with two attached hydrogens (primary N) is 1. The molecule has 9 heteroatoms. The van der Waals surface area contributed by atoms with Gasteiger partial charge in [0.2, 0.25) is 0 Å². The van der Waals surface area contributed by atoms with E-state index in [0.717, 1.165) is 27.2 Å². The molecular weight excluding hydrogens is 463 g/mol. The number of nitrogens with zero attached hydrogens (tertiary/aromatic N) is 3. The fraction of sp³-hybridized carbons (Fsp3) is 0.231. The predicted molar refractivity (Wildman–Crippen MR) is 139 cm³/mol. The van der Waals surface area contributed by atoms with Gasteiger partial charge in [0, 0.05) is 29.0 Å². The van der Waals surface area contributed by atoms with Crippen molar-refractivity contribution in [3.8, 4) is 17.0 Å². The topological polar surface area (TPSA) is 100 Å². The normalized spacial score (nSPS) is 12.5. The van der Waals surface area contributed by atoms with Crippen LogP contribution in [-0.2, 0) is 0 Å². The maximum absolute atomic E-state index is 14.7. The molecule has 4 rings (SSSR count). The summed E-state index contributed by atoms with van der Waals surface area (Å²) in [4.78, 5) is 13.4. The first-order valence-corrected chi connectivity index (χ1v) is 12.1. The average Bonchev–Trinajstić information content (AvgIpc) is 3.30. The Hall–Kier alpha value is -3.69. The first kappa shape index (κ1) is 24.4. The van der Waals surface area contributed by atoms with Crippen molar-refractivity contribution in [3.05, 3.63) is 77.0 Å². The van der Waals surface area contributed by atoms with Gasteiger partial charge in [0.25, 0.3) is 0 Å². The van der Waals surface area contributed by atoms with Crippen molar-refractivity contribution in [1.82, 2.24) is 15.0 Å². The van der Waals surface area contributed by atoms with Crippen molar-refractivity contribution in [2.24, 2.45) is 0 Å². The van der Waals surface area contributed by atoms with Crippen LogP contribution in [0.3, 0.4) is 0 Å². The first-order valence-electron chi connectivity index (χ1n) is 11.3. The van der Waals surface area contributed by atoms with Crippen molar-refractivity contribution in [2.45, 2.75) is 26.8 Å². The van der Waals surface area contributed by atoms with Crippen LogP contribution in [0.4, 0.5) is 10.2 Å². The van der Waals surface area contributed by atoms with E-state index in [0.29, 0.717) is 35.3 Å². The van der Waals surface area contributed by atoms with Crippen LogP contribution in [0.1, 0.15) is 31.3 Å². The van der Waals surface area contributed by atoms with Gasteiger partial charge in [-0.15, -0.1) is 11.3 Å². The first-order chi connectivity index (χ1) is 16.8. The summed E-state index contributed by atoms with van der Waals surface area (Å²) in [5.41, 5.74) is 6.36. The second kappa shape index (κ2) is 10.7. The van der Waals surface area contributed by atoms with Gasteiger partial charge in [0.05, 0.1) is 34.5 Å². The molecule has 1 atom stereocenters. The number of allylic oxidation sites excluding steroid dienone is 1. The molecule has 0 aliphatic heterocycles. The van der Waals surface area contributed by atoms with Gasteiger partial charge >= 0.3 is 0 Å². The summed E-state index contributed by atoms with van der Waals surface area (Å²) in [6, 6.07) is 12.3. The summed E-state index contributed by atoms with van der Waals surface area (Å²) in [7, 11) is 1.90. The largest absolute Gasteiger partial charge is 0.483 e. The van der Waals surface area contributed by atoms with E-state index in [1.807, 2.05) is 49.9 Å². The summed E-state index contributed by atoms with van der Waals surface area (Å²) in [6.07, 6.45) is 1.75. The van der Waals surface area contributed by atoms with Crippen LogP contribution in [0.25, 0.3) is 21.5 Å². The monoisotopic (exact) mass is 491 g/mol. The number of rotatable bonds is 9. The molecule has 0 spiro atoms. The molecular formula is C26H28FN6OS+. The highest BCUT2D eigenvalue weighted by Crippen LogP contribution is 2.29. The minimum Gasteiger partial charge on any atom is -0.483 e. The molecule has 2 heterocycles. The zero-order chi connectivity index (χ0) is 24.9. The molecule has 0 aliphatic rings. The van der Waals surface area contributed by atoms with Crippen molar-refractivity contribution < 1.29 is 14.4 Å². The van der Waals surface area contributed by atoms with Crippen molar-refractivity contribution in [3.63, 3.8) is 0 Å². The molecule has 0 saturated heterocycles. The number of fused-ring (bicyclic) bond motifs is 1. The zero-order valence-electron chi connectivity index (χ0n) is 20.1. The SMILES string of the molecule is C[NH2+]/C(=C\C(C)=N)COc1ccc(F)c(C(C)Nc2cc(-c3ccc4ncsc4c3)nc(C)n2)c1. The lowest BCUT2D eigenvalue weighted by molar-refractivity contribution is -0.578. The second-order valence-electron chi connectivity index (χ2n) is 8.25. The third kappa shape index (κ3) is 6.06. The van der Waals surface area contributed by atoms with Gasteiger partial charge in [-0.2, -0.15) is 0 Å². The van der Waals surface area contributed by atoms with Gasteiger partial charge in [0.15, 0.2) is 6.61 Å². The second-order valence-corrected chi connectivity index (χ2v) is 9.14. The fourth-order valence-corrected chi connectivity index (χ4v) is 4.42. The number of quaternary nitrogens is 1. The maximum Gasteiger partial charge on any atom is 0.162 e. The quantitative estimate of drug-likeness (QED) is 0.290. The minimum absolute atomic E-state index is 0.304. The van der Waals surface area contributed by atoms with Crippen LogP contribution < -0.4 is 15.4 Å². The minimum atomic E-state index is -0.360. The van der Waals surface area contributed by atoms with Gasteiger partial charge < -0.3 is 20.8 Å². The van der Waals surface area contributed by atoms with E-state index in [2.05, 4.69) is 26.3 Å². The van der Waals surface area contributed by atoms with E-state index in [1.165, 1.54) is 6.07 Å². The summed E-state index contributed by atoms with van der Waals surface area (Å²) < 4.78 is 21.7. The number of anilines is 1. The van der Waals surface area contributed by atoms with Gasteiger partial charge in [-0.1, -0.05) is 6.07 Å². The molecule has 0 fully saturated rings. The van der Waals surface area contributed by atoms with E-state index in [9.17, 15) is 4.39 Å². The summed E-state index contributed by atoms with van der Waals surface area (Å²) in [6.45, 7) is 5.74. The van der Waals surface area contributed by atoms with Crippen LogP contribution in [0.15, 0.2) is 59.7 Å². The van der Waals surface area contributed by atoms with Gasteiger partial charge in [-0.3, -0.25) is 0 Å². The summed E-state index contributed by atoms with van der Waals surface area (Å²) in [5.74, 6) is 1.47.